The molecule has 2 aromatic rings. The molecular formula is C46H62N4O9S. The molecular weight excluding hydrogens is 785 g/mol. The Morgan fingerprint density at radius 1 is 1.05 bits per heavy atom. The summed E-state index contributed by atoms with van der Waals surface area (Å²) in [6, 6.07) is 7.12. The minimum absolute atomic E-state index is 0.0745. The Morgan fingerprint density at radius 2 is 1.80 bits per heavy atom. The molecule has 8 rings (SSSR count). The average Bonchev–Trinajstić information content (AvgIpc) is 4.16. The van der Waals surface area contributed by atoms with E-state index in [0.29, 0.717) is 44.4 Å². The number of hydrogen-bond donors (Lipinski definition) is 1. The zero-order valence-corrected chi connectivity index (χ0v) is 36.5. The highest BCUT2D eigenvalue weighted by Crippen LogP contribution is 2.57. The van der Waals surface area contributed by atoms with E-state index < -0.39 is 61.5 Å². The first kappa shape index (κ1) is 42.8. The van der Waals surface area contributed by atoms with Crippen molar-refractivity contribution in [1.82, 2.24) is 19.5 Å². The number of para-hydroxylation sites is 1. The smallest absolute Gasteiger partial charge is 0.306 e. The largest absolute Gasteiger partial charge is 0.472 e. The van der Waals surface area contributed by atoms with Crippen LogP contribution in [0.1, 0.15) is 109 Å². The van der Waals surface area contributed by atoms with E-state index >= 15 is 0 Å². The number of nitrogens with one attached hydrogen (secondary N) is 1. The molecule has 1 aromatic carbocycles. The summed E-state index contributed by atoms with van der Waals surface area (Å²) >= 11 is 0. The van der Waals surface area contributed by atoms with E-state index in [0.717, 1.165) is 68.1 Å². The van der Waals surface area contributed by atoms with Gasteiger partial charge in [-0.25, -0.2) is 13.4 Å². The van der Waals surface area contributed by atoms with E-state index in [-0.39, 0.29) is 50.0 Å². The Morgan fingerprint density at radius 3 is 2.50 bits per heavy atom. The van der Waals surface area contributed by atoms with Gasteiger partial charge in [0.2, 0.25) is 27.7 Å². The lowest BCUT2D eigenvalue weighted by Gasteiger charge is -2.34. The van der Waals surface area contributed by atoms with Gasteiger partial charge in [0.25, 0.3) is 0 Å². The van der Waals surface area contributed by atoms with Crippen LogP contribution in [0.5, 0.6) is 5.88 Å². The molecule has 3 aliphatic heterocycles. The van der Waals surface area contributed by atoms with Crippen LogP contribution in [0, 0.1) is 28.6 Å². The summed E-state index contributed by atoms with van der Waals surface area (Å²) in [5, 5.41) is 1.07. The number of hydrogen-bond acceptors (Lipinski definition) is 11. The molecule has 5 fully saturated rings. The number of rotatable bonds is 9. The molecule has 0 spiro atoms. The third kappa shape index (κ3) is 8.75. The molecule has 6 aliphatic rings. The number of Topliss-reactive ketones (excluding diaryl/α,β-unsaturated/α-hetero) is 1. The van der Waals surface area contributed by atoms with Crippen LogP contribution >= 0.6 is 0 Å². The third-order valence-corrected chi connectivity index (χ3v) is 16.5. The highest BCUT2D eigenvalue weighted by molar-refractivity contribution is 7.91. The van der Waals surface area contributed by atoms with Crippen LogP contribution in [0.3, 0.4) is 0 Å². The number of morpholine rings is 1. The Labute approximate surface area is 354 Å². The molecule has 60 heavy (non-hydrogen) atoms. The lowest BCUT2D eigenvalue weighted by Crippen LogP contribution is -2.49. The van der Waals surface area contributed by atoms with E-state index in [1.54, 1.807) is 17.9 Å². The van der Waals surface area contributed by atoms with Gasteiger partial charge in [-0.2, -0.15) is 0 Å². The summed E-state index contributed by atoms with van der Waals surface area (Å²) < 4.78 is 46.3. The maximum atomic E-state index is 14.9. The standard InChI is InChI=1S/C46H62N4O9S/c1-6-30-25-46(30,43(54)48-60(55,56)45(5)16-17-45)26-38(51)37-23-31-27-50(37)42(53)35(44(2,3)4)24-40(52)59-39-22-29(39)12-8-7-9-14-33-34(28-49-18-20-57-21-19-49)32-13-10-11-15-36(32)47-41(33)58-31/h6,10-11,13,15,29-31,35,37,39H,1,7-9,12,14,16-28H2,2-5H3,(H,48,54)/t29-,30-,31-,35-,37+,39-,46?/m1/s1. The molecule has 1 unspecified atom stereocenters. The quantitative estimate of drug-likeness (QED) is 0.245. The summed E-state index contributed by atoms with van der Waals surface area (Å²) in [5.74, 6) is -2.22. The Kier molecular flexibility index (Phi) is 11.7. The Bertz CT molecular complexity index is 2140. The van der Waals surface area contributed by atoms with Crippen molar-refractivity contribution < 1.29 is 41.8 Å². The van der Waals surface area contributed by atoms with Crippen LogP contribution in [0.2, 0.25) is 0 Å². The Balaban J connectivity index is 1.15. The van der Waals surface area contributed by atoms with E-state index in [1.807, 2.05) is 39.0 Å². The number of sulfonamides is 1. The van der Waals surface area contributed by atoms with Crippen molar-refractivity contribution in [3.05, 3.63) is 48.0 Å². The molecule has 2 bridgehead atoms. The highest BCUT2D eigenvalue weighted by atomic mass is 32.2. The second kappa shape index (κ2) is 16.4. The fourth-order valence-electron chi connectivity index (χ4n) is 9.71. The van der Waals surface area contributed by atoms with E-state index in [4.69, 9.17) is 19.2 Å². The fourth-order valence-corrected chi connectivity index (χ4v) is 11.0. The van der Waals surface area contributed by atoms with Crippen LogP contribution in [0.15, 0.2) is 36.9 Å². The lowest BCUT2D eigenvalue weighted by atomic mass is 9.77. The maximum absolute atomic E-state index is 14.9. The molecule has 2 amide bonds. The molecule has 1 aromatic heterocycles. The van der Waals surface area contributed by atoms with Gasteiger partial charge in [-0.15, -0.1) is 6.58 Å². The number of carbonyl (C=O) groups is 4. The van der Waals surface area contributed by atoms with E-state index in [2.05, 4.69) is 22.3 Å². The van der Waals surface area contributed by atoms with Crippen molar-refractivity contribution in [2.75, 3.05) is 32.8 Å². The van der Waals surface area contributed by atoms with Crippen molar-refractivity contribution in [3.63, 3.8) is 0 Å². The predicted molar refractivity (Wildman–Crippen MR) is 225 cm³/mol. The summed E-state index contributed by atoms with van der Waals surface area (Å²) in [6.07, 6.45) is 7.22. The number of ketones is 1. The number of amides is 2. The van der Waals surface area contributed by atoms with Gasteiger partial charge in [0.05, 0.1) is 53.8 Å². The number of pyridine rings is 1. The zero-order chi connectivity index (χ0) is 42.6. The first-order valence-corrected chi connectivity index (χ1v) is 23.6. The van der Waals surface area contributed by atoms with Crippen LogP contribution < -0.4 is 9.46 Å². The number of aromatic nitrogens is 1. The molecule has 2 saturated heterocycles. The van der Waals surface area contributed by atoms with Gasteiger partial charge in [0, 0.05) is 43.4 Å². The molecule has 0 radical (unpaired) electrons. The van der Waals surface area contributed by atoms with Gasteiger partial charge in [-0.1, -0.05) is 57.9 Å². The molecule has 13 nitrogen and oxygen atoms in total. The topological polar surface area (TPSA) is 162 Å². The lowest BCUT2D eigenvalue weighted by molar-refractivity contribution is -0.154. The normalized spacial score (nSPS) is 31.1. The SMILES string of the molecule is C=C[C@@H]1CC1(CC(=O)[C@@H]1C[C@@H]2CN1C(=O)[C@H](C(C)(C)C)CC(=O)O[C@@H]1C[C@H]1CCCCCc1c(nc3ccccc3c1CN1CCOCC1)O2)C(=O)NS(=O)(=O)C1(C)CC1. The highest BCUT2D eigenvalue weighted by Gasteiger charge is 2.62. The molecule has 326 valence electrons. The van der Waals surface area contributed by atoms with Gasteiger partial charge in [-0.3, -0.25) is 28.8 Å². The second-order valence-electron chi connectivity index (χ2n) is 19.7. The van der Waals surface area contributed by atoms with Crippen LogP contribution in [0.4, 0.5) is 0 Å². The number of carbonyl (C=O) groups excluding carboxylic acids is 4. The van der Waals surface area contributed by atoms with Crippen molar-refractivity contribution in [3.8, 4) is 5.88 Å². The summed E-state index contributed by atoms with van der Waals surface area (Å²) in [6.45, 7) is 15.0. The molecule has 3 aliphatic carbocycles. The van der Waals surface area contributed by atoms with Crippen molar-refractivity contribution in [2.24, 2.45) is 28.6 Å². The van der Waals surface area contributed by atoms with Crippen molar-refractivity contribution >= 4 is 44.5 Å². The van der Waals surface area contributed by atoms with Crippen molar-refractivity contribution in [1.29, 1.82) is 0 Å². The molecule has 7 atom stereocenters. The van der Waals surface area contributed by atoms with Gasteiger partial charge < -0.3 is 19.1 Å². The number of benzene rings is 1. The first-order valence-electron chi connectivity index (χ1n) is 22.1. The minimum atomic E-state index is -3.96. The average molecular weight is 847 g/mol. The summed E-state index contributed by atoms with van der Waals surface area (Å²) in [5.41, 5.74) is 1.05. The number of fused-ring (bicyclic) bond motifs is 5. The van der Waals surface area contributed by atoms with Gasteiger partial charge >= 0.3 is 5.97 Å². The second-order valence-corrected chi connectivity index (χ2v) is 21.9. The van der Waals surface area contributed by atoms with Crippen LogP contribution in [0.25, 0.3) is 10.9 Å². The zero-order valence-electron chi connectivity index (χ0n) is 35.7. The third-order valence-electron chi connectivity index (χ3n) is 14.3. The number of allylic oxidation sites excluding steroid dienone is 1. The maximum Gasteiger partial charge on any atom is 0.306 e. The minimum Gasteiger partial charge on any atom is -0.472 e. The van der Waals surface area contributed by atoms with Gasteiger partial charge in [0.1, 0.15) is 12.2 Å². The number of ether oxygens (including phenoxy) is 3. The summed E-state index contributed by atoms with van der Waals surface area (Å²) in [4.78, 5) is 66.1. The summed E-state index contributed by atoms with van der Waals surface area (Å²) in [7, 11) is -3.96. The number of esters is 1. The monoisotopic (exact) mass is 846 g/mol. The van der Waals surface area contributed by atoms with Crippen molar-refractivity contribution in [2.45, 2.75) is 134 Å². The van der Waals surface area contributed by atoms with Gasteiger partial charge in [0.15, 0.2) is 5.78 Å². The van der Waals surface area contributed by atoms with E-state index in [9.17, 15) is 27.6 Å². The first-order chi connectivity index (χ1) is 28.5. The molecule has 14 heteroatoms. The van der Waals surface area contributed by atoms with Crippen LogP contribution in [-0.4, -0.2) is 103 Å². The molecule has 1 N–H and O–H groups in total. The molecule has 4 heterocycles. The van der Waals surface area contributed by atoms with Crippen LogP contribution in [-0.2, 0) is 51.6 Å². The van der Waals surface area contributed by atoms with E-state index in [1.165, 1.54) is 5.56 Å². The molecule has 3 saturated carbocycles. The predicted octanol–water partition coefficient (Wildman–Crippen LogP) is 5.67. The number of nitrogens with zero attached hydrogens (tertiary/aromatic N) is 3. The fraction of sp³-hybridized carbons (Fsp3) is 0.674. The van der Waals surface area contributed by atoms with Gasteiger partial charge in [-0.05, 0) is 80.8 Å². The Hall–Kier alpha value is -3.88.